The molecule has 1 saturated heterocycles. The second kappa shape index (κ2) is 8.12. The predicted octanol–water partition coefficient (Wildman–Crippen LogP) is 5.14. The van der Waals surface area contributed by atoms with Gasteiger partial charge >= 0.3 is 0 Å². The standard InChI is InChI=1S/C9H15NO2.C8H18.C2H6/c1-9(2,3)6-5-7(11)10(4)8(6)12;1-7(2,3)8(4,5)6;1-2/h6H,5H2,1-4H3;1-6H3;1-2H3. The molecule has 1 unspecified atom stereocenters. The van der Waals surface area contributed by atoms with Crippen LogP contribution in [-0.2, 0) is 9.59 Å². The molecule has 0 N–H and O–H groups in total. The number of nitrogens with zero attached hydrogens (tertiary/aromatic N) is 1. The number of amides is 2. The van der Waals surface area contributed by atoms with E-state index in [-0.39, 0.29) is 23.1 Å². The molecule has 132 valence electrons. The van der Waals surface area contributed by atoms with E-state index < -0.39 is 0 Å². The van der Waals surface area contributed by atoms with Gasteiger partial charge < -0.3 is 0 Å². The summed E-state index contributed by atoms with van der Waals surface area (Å²) in [6.45, 7) is 23.6. The number of hydrogen-bond donors (Lipinski definition) is 0. The Morgan fingerprint density at radius 1 is 0.818 bits per heavy atom. The van der Waals surface area contributed by atoms with Gasteiger partial charge in [-0.15, -0.1) is 0 Å². The average Bonchev–Trinajstić information content (AvgIpc) is 2.57. The third kappa shape index (κ3) is 6.93. The minimum Gasteiger partial charge on any atom is -0.285 e. The first-order valence-electron chi connectivity index (χ1n) is 8.39. The third-order valence-electron chi connectivity index (χ3n) is 4.68. The van der Waals surface area contributed by atoms with E-state index in [1.165, 1.54) is 4.90 Å². The van der Waals surface area contributed by atoms with Crippen LogP contribution in [0.2, 0.25) is 0 Å². The quantitative estimate of drug-likeness (QED) is 0.580. The molecule has 22 heavy (non-hydrogen) atoms. The van der Waals surface area contributed by atoms with Gasteiger partial charge in [0.25, 0.3) is 0 Å². The van der Waals surface area contributed by atoms with Gasteiger partial charge in [0.2, 0.25) is 11.8 Å². The minimum atomic E-state index is -0.130. The summed E-state index contributed by atoms with van der Waals surface area (Å²) >= 11 is 0. The summed E-state index contributed by atoms with van der Waals surface area (Å²) in [6, 6.07) is 0. The van der Waals surface area contributed by atoms with Gasteiger partial charge in [0.05, 0.1) is 5.92 Å². The van der Waals surface area contributed by atoms with Crippen LogP contribution in [-0.4, -0.2) is 23.8 Å². The molecule has 1 fully saturated rings. The summed E-state index contributed by atoms with van der Waals surface area (Å²) in [5.74, 6) is -0.220. The van der Waals surface area contributed by atoms with E-state index in [0.717, 1.165) is 0 Å². The molecule has 1 rings (SSSR count). The zero-order valence-electron chi connectivity index (χ0n) is 17.0. The van der Waals surface area contributed by atoms with Crippen molar-refractivity contribution in [2.75, 3.05) is 7.05 Å². The van der Waals surface area contributed by atoms with Gasteiger partial charge in [0.1, 0.15) is 0 Å². The van der Waals surface area contributed by atoms with Crippen LogP contribution in [0.1, 0.15) is 82.6 Å². The Balaban J connectivity index is 0. The summed E-state index contributed by atoms with van der Waals surface area (Å²) in [4.78, 5) is 23.8. The molecule has 1 atom stereocenters. The largest absolute Gasteiger partial charge is 0.285 e. The summed E-state index contributed by atoms with van der Waals surface area (Å²) < 4.78 is 0. The first-order valence-corrected chi connectivity index (χ1v) is 8.39. The maximum Gasteiger partial charge on any atom is 0.233 e. The summed E-state index contributed by atoms with van der Waals surface area (Å²) in [5.41, 5.74) is 0.775. The summed E-state index contributed by atoms with van der Waals surface area (Å²) in [6.07, 6.45) is 0.374. The SMILES string of the molecule is CC.CC(C)(C)C(C)(C)C.CN1C(=O)CC(C(C)(C)C)C1=O. The molecular weight excluding hydrogens is 274 g/mol. The van der Waals surface area contributed by atoms with Gasteiger partial charge in [-0.05, 0) is 16.2 Å². The fourth-order valence-electron chi connectivity index (χ4n) is 1.43. The highest BCUT2D eigenvalue weighted by Crippen LogP contribution is 2.36. The van der Waals surface area contributed by atoms with E-state index >= 15 is 0 Å². The highest BCUT2D eigenvalue weighted by molar-refractivity contribution is 6.03. The fourth-order valence-corrected chi connectivity index (χ4v) is 1.43. The predicted molar refractivity (Wildman–Crippen MR) is 95.6 cm³/mol. The zero-order valence-corrected chi connectivity index (χ0v) is 17.0. The van der Waals surface area contributed by atoms with Gasteiger partial charge in [-0.25, -0.2) is 0 Å². The van der Waals surface area contributed by atoms with E-state index in [0.29, 0.717) is 17.3 Å². The number of likely N-dealkylation sites (tertiary alicyclic amines) is 1. The number of imide groups is 1. The molecule has 3 nitrogen and oxygen atoms in total. The topological polar surface area (TPSA) is 37.4 Å². The summed E-state index contributed by atoms with van der Waals surface area (Å²) in [7, 11) is 1.55. The highest BCUT2D eigenvalue weighted by Gasteiger charge is 2.42. The molecule has 0 aromatic heterocycles. The molecule has 0 radical (unpaired) electrons. The Morgan fingerprint density at radius 2 is 1.14 bits per heavy atom. The van der Waals surface area contributed by atoms with Gasteiger partial charge in [-0.3, -0.25) is 14.5 Å². The zero-order chi connectivity index (χ0) is 18.5. The lowest BCUT2D eigenvalue weighted by Crippen LogP contribution is -2.30. The lowest BCUT2D eigenvalue weighted by molar-refractivity contribution is -0.138. The average molecular weight is 314 g/mol. The van der Waals surface area contributed by atoms with E-state index in [1.54, 1.807) is 7.05 Å². The first-order chi connectivity index (χ1) is 9.59. The second-order valence-corrected chi connectivity index (χ2v) is 8.91. The van der Waals surface area contributed by atoms with Crippen molar-refractivity contribution < 1.29 is 9.59 Å². The molecule has 2 amide bonds. The molecule has 0 bridgehead atoms. The number of carbonyl (C=O) groups excluding carboxylic acids is 2. The Bertz CT molecular complexity index is 352. The monoisotopic (exact) mass is 313 g/mol. The van der Waals surface area contributed by atoms with E-state index in [4.69, 9.17) is 0 Å². The van der Waals surface area contributed by atoms with Crippen LogP contribution in [0.3, 0.4) is 0 Å². The Labute approximate surface area is 138 Å². The van der Waals surface area contributed by atoms with Crippen molar-refractivity contribution in [1.82, 2.24) is 4.90 Å². The lowest BCUT2D eigenvalue weighted by Gasteiger charge is -2.34. The molecule has 1 aliphatic heterocycles. The van der Waals surface area contributed by atoms with Crippen LogP contribution in [0.4, 0.5) is 0 Å². The van der Waals surface area contributed by atoms with Gasteiger partial charge in [-0.1, -0.05) is 76.2 Å². The lowest BCUT2D eigenvalue weighted by atomic mass is 9.71. The Hall–Kier alpha value is -0.860. The van der Waals surface area contributed by atoms with Crippen molar-refractivity contribution in [2.45, 2.75) is 82.6 Å². The van der Waals surface area contributed by atoms with E-state index in [1.807, 2.05) is 34.6 Å². The van der Waals surface area contributed by atoms with Crippen LogP contribution in [0.25, 0.3) is 0 Å². The molecule has 0 aromatic rings. The Kier molecular flexibility index (Phi) is 8.64. The molecule has 0 aliphatic carbocycles. The first kappa shape index (κ1) is 23.4. The van der Waals surface area contributed by atoms with Crippen molar-refractivity contribution >= 4 is 11.8 Å². The smallest absolute Gasteiger partial charge is 0.233 e. The van der Waals surface area contributed by atoms with Crippen molar-refractivity contribution in [1.29, 1.82) is 0 Å². The molecular formula is C19H39NO2. The van der Waals surface area contributed by atoms with Gasteiger partial charge in [-0.2, -0.15) is 0 Å². The highest BCUT2D eigenvalue weighted by atomic mass is 16.2. The van der Waals surface area contributed by atoms with Crippen molar-refractivity contribution in [3.8, 4) is 0 Å². The fraction of sp³-hybridized carbons (Fsp3) is 0.895. The minimum absolute atomic E-state index is 0.0347. The number of hydrogen-bond acceptors (Lipinski definition) is 2. The van der Waals surface area contributed by atoms with Crippen molar-refractivity contribution in [3.05, 3.63) is 0 Å². The van der Waals surface area contributed by atoms with Crippen molar-refractivity contribution in [2.24, 2.45) is 22.2 Å². The van der Waals surface area contributed by atoms with E-state index in [9.17, 15) is 9.59 Å². The second-order valence-electron chi connectivity index (χ2n) is 8.91. The normalized spacial score (nSPS) is 19.3. The molecule has 0 saturated carbocycles. The molecule has 1 aliphatic rings. The van der Waals surface area contributed by atoms with Crippen molar-refractivity contribution in [3.63, 3.8) is 0 Å². The van der Waals surface area contributed by atoms with Crippen LogP contribution < -0.4 is 0 Å². The van der Waals surface area contributed by atoms with Gasteiger partial charge in [0, 0.05) is 13.5 Å². The van der Waals surface area contributed by atoms with Gasteiger partial charge in [0.15, 0.2) is 0 Å². The molecule has 0 spiro atoms. The van der Waals surface area contributed by atoms with Crippen LogP contribution in [0.15, 0.2) is 0 Å². The van der Waals surface area contributed by atoms with Crippen LogP contribution in [0, 0.1) is 22.2 Å². The van der Waals surface area contributed by atoms with Crippen LogP contribution in [0.5, 0.6) is 0 Å². The maximum atomic E-state index is 11.5. The summed E-state index contributed by atoms with van der Waals surface area (Å²) in [5, 5.41) is 0. The molecule has 3 heteroatoms. The maximum absolute atomic E-state index is 11.5. The third-order valence-corrected chi connectivity index (χ3v) is 4.68. The Morgan fingerprint density at radius 3 is 1.23 bits per heavy atom. The number of carbonyl (C=O) groups is 2. The number of rotatable bonds is 0. The van der Waals surface area contributed by atoms with E-state index in [2.05, 4.69) is 41.5 Å². The molecule has 0 aromatic carbocycles. The van der Waals surface area contributed by atoms with Crippen LogP contribution >= 0.6 is 0 Å². The molecule has 1 heterocycles.